The van der Waals surface area contributed by atoms with E-state index in [0.717, 1.165) is 0 Å². The van der Waals surface area contributed by atoms with Gasteiger partial charge in [0, 0.05) is 32.2 Å². The van der Waals surface area contributed by atoms with E-state index in [1.807, 2.05) is 0 Å². The monoisotopic (exact) mass is 406 g/mol. The van der Waals surface area contributed by atoms with Crippen molar-refractivity contribution in [3.63, 3.8) is 0 Å². The second-order valence-electron chi connectivity index (χ2n) is 7.57. The predicted octanol–water partition coefficient (Wildman–Crippen LogP) is 5.16. The summed E-state index contributed by atoms with van der Waals surface area (Å²) in [6.07, 6.45) is 6.43. The summed E-state index contributed by atoms with van der Waals surface area (Å²) in [5.41, 5.74) is 4.66. The van der Waals surface area contributed by atoms with Crippen molar-refractivity contribution in [1.29, 1.82) is 0 Å². The molecule has 148 valence electrons. The Hall–Kier alpha value is -1.06. The van der Waals surface area contributed by atoms with Crippen LogP contribution < -0.4 is 0 Å². The second kappa shape index (κ2) is 11.1. The third kappa shape index (κ3) is 5.71. The fraction of sp³-hybridized carbons (Fsp3) is 0.478. The quantitative estimate of drug-likeness (QED) is 0.676. The van der Waals surface area contributed by atoms with Gasteiger partial charge in [-0.2, -0.15) is 0 Å². The van der Waals surface area contributed by atoms with E-state index in [1.54, 1.807) is 11.1 Å². The first kappa shape index (κ1) is 22.2. The van der Waals surface area contributed by atoms with Crippen LogP contribution in [0.4, 0.5) is 0 Å². The number of nitrogens with zero attached hydrogens (tertiary/aromatic N) is 2. The zero-order valence-electron chi connectivity index (χ0n) is 16.1. The molecule has 1 atom stereocenters. The Balaban J connectivity index is 0.00000131. The Kier molecular flexibility index (Phi) is 9.11. The molecular weight excluding hydrogens is 375 g/mol. The average molecular weight is 407 g/mol. The topological polar surface area (TPSA) is 6.48 Å². The van der Waals surface area contributed by atoms with Crippen molar-refractivity contribution in [2.45, 2.75) is 38.1 Å². The van der Waals surface area contributed by atoms with Crippen LogP contribution in [0.15, 0.2) is 54.6 Å². The minimum Gasteiger partial charge on any atom is -0.301 e. The van der Waals surface area contributed by atoms with E-state index in [9.17, 15) is 0 Å². The molecule has 27 heavy (non-hydrogen) atoms. The number of aryl methyl sites for hydroxylation is 2. The average Bonchev–Trinajstić information content (AvgIpc) is 2.69. The first-order valence-corrected chi connectivity index (χ1v) is 9.98. The number of piperazine rings is 1. The van der Waals surface area contributed by atoms with Crippen LogP contribution >= 0.6 is 24.8 Å². The van der Waals surface area contributed by atoms with E-state index in [-0.39, 0.29) is 24.8 Å². The van der Waals surface area contributed by atoms with Crippen LogP contribution in [0.1, 0.15) is 42.0 Å². The molecular formula is C23H32Cl2N2. The number of fused-ring (bicyclic) bond motifs is 1. The van der Waals surface area contributed by atoms with Crippen LogP contribution in [0.2, 0.25) is 0 Å². The Bertz CT molecular complexity index is 669. The smallest absolute Gasteiger partial charge is 0.0352 e. The zero-order valence-corrected chi connectivity index (χ0v) is 17.7. The van der Waals surface area contributed by atoms with E-state index < -0.39 is 0 Å². The predicted molar refractivity (Wildman–Crippen MR) is 119 cm³/mol. The van der Waals surface area contributed by atoms with Gasteiger partial charge >= 0.3 is 0 Å². The lowest BCUT2D eigenvalue weighted by atomic mass is 9.86. The Labute approximate surface area is 176 Å². The first-order valence-electron chi connectivity index (χ1n) is 9.98. The highest BCUT2D eigenvalue weighted by molar-refractivity contribution is 5.85. The van der Waals surface area contributed by atoms with E-state index in [1.165, 1.54) is 70.4 Å². The summed E-state index contributed by atoms with van der Waals surface area (Å²) >= 11 is 0. The third-order valence-corrected chi connectivity index (χ3v) is 5.97. The maximum Gasteiger partial charge on any atom is 0.0352 e. The SMILES string of the molecule is Cl.Cl.c1ccc(CCCN2CCN(C3CCCc4ccccc43)CC2)cc1. The molecule has 2 aromatic carbocycles. The van der Waals surface area contributed by atoms with Gasteiger partial charge in [-0.05, 0) is 55.3 Å². The van der Waals surface area contributed by atoms with Crippen molar-refractivity contribution in [3.05, 3.63) is 71.3 Å². The number of rotatable bonds is 5. The lowest BCUT2D eigenvalue weighted by Crippen LogP contribution is -2.48. The highest BCUT2D eigenvalue weighted by atomic mass is 35.5. The van der Waals surface area contributed by atoms with Crippen LogP contribution in [0, 0.1) is 0 Å². The van der Waals surface area contributed by atoms with E-state index >= 15 is 0 Å². The molecule has 0 N–H and O–H groups in total. The fourth-order valence-electron chi connectivity index (χ4n) is 4.56. The van der Waals surface area contributed by atoms with Crippen LogP contribution in [0.5, 0.6) is 0 Å². The summed E-state index contributed by atoms with van der Waals surface area (Å²) in [6.45, 7) is 6.15. The lowest BCUT2D eigenvalue weighted by molar-refractivity contribution is 0.0875. The van der Waals surface area contributed by atoms with Crippen LogP contribution in [-0.4, -0.2) is 42.5 Å². The van der Waals surface area contributed by atoms with Gasteiger partial charge < -0.3 is 4.90 Å². The number of halogens is 2. The van der Waals surface area contributed by atoms with Gasteiger partial charge in [0.1, 0.15) is 0 Å². The van der Waals surface area contributed by atoms with Crippen LogP contribution in [0.3, 0.4) is 0 Å². The number of hydrogen-bond donors (Lipinski definition) is 0. The Morgan fingerprint density at radius 3 is 2.30 bits per heavy atom. The summed E-state index contributed by atoms with van der Waals surface area (Å²) in [6, 6.07) is 20.7. The number of benzene rings is 2. The maximum atomic E-state index is 2.74. The molecule has 0 amide bonds. The largest absolute Gasteiger partial charge is 0.301 e. The molecule has 1 fully saturated rings. The molecule has 0 bridgehead atoms. The minimum absolute atomic E-state index is 0. The summed E-state index contributed by atoms with van der Waals surface area (Å²) in [7, 11) is 0. The zero-order chi connectivity index (χ0) is 16.9. The second-order valence-corrected chi connectivity index (χ2v) is 7.57. The Morgan fingerprint density at radius 1 is 0.815 bits per heavy atom. The molecule has 1 unspecified atom stereocenters. The van der Waals surface area contributed by atoms with Crippen molar-refractivity contribution in [2.24, 2.45) is 0 Å². The third-order valence-electron chi connectivity index (χ3n) is 5.97. The standard InChI is InChI=1S/C23H30N2.2ClH/c1-2-8-20(9-3-1)10-7-15-24-16-18-25(19-17-24)23-14-6-12-21-11-4-5-13-22(21)23;;/h1-5,8-9,11,13,23H,6-7,10,12,14-19H2;2*1H. The molecule has 0 radical (unpaired) electrons. The van der Waals surface area contributed by atoms with E-state index in [4.69, 9.17) is 0 Å². The maximum absolute atomic E-state index is 2.74. The van der Waals surface area contributed by atoms with Crippen LogP contribution in [0.25, 0.3) is 0 Å². The van der Waals surface area contributed by atoms with Gasteiger partial charge in [-0.3, -0.25) is 4.90 Å². The van der Waals surface area contributed by atoms with E-state index in [0.29, 0.717) is 6.04 Å². The highest BCUT2D eigenvalue weighted by Crippen LogP contribution is 2.34. The van der Waals surface area contributed by atoms with Gasteiger partial charge in [0.05, 0.1) is 0 Å². The summed E-state index contributed by atoms with van der Waals surface area (Å²) in [5, 5.41) is 0. The molecule has 0 spiro atoms. The van der Waals surface area contributed by atoms with Crippen LogP contribution in [-0.2, 0) is 12.8 Å². The van der Waals surface area contributed by atoms with Crippen molar-refractivity contribution in [3.8, 4) is 0 Å². The molecule has 4 rings (SSSR count). The van der Waals surface area contributed by atoms with Gasteiger partial charge in [-0.15, -0.1) is 24.8 Å². The molecule has 0 aromatic heterocycles. The van der Waals surface area contributed by atoms with Crippen molar-refractivity contribution < 1.29 is 0 Å². The summed E-state index contributed by atoms with van der Waals surface area (Å²) in [5.74, 6) is 0. The van der Waals surface area contributed by atoms with Gasteiger partial charge in [-0.1, -0.05) is 54.6 Å². The normalized spacial score (nSPS) is 20.2. The van der Waals surface area contributed by atoms with Gasteiger partial charge in [0.25, 0.3) is 0 Å². The number of hydrogen-bond acceptors (Lipinski definition) is 2. The molecule has 1 aliphatic carbocycles. The summed E-state index contributed by atoms with van der Waals surface area (Å²) in [4.78, 5) is 5.40. The molecule has 1 saturated heterocycles. The van der Waals surface area contributed by atoms with Crippen molar-refractivity contribution in [1.82, 2.24) is 9.80 Å². The van der Waals surface area contributed by atoms with Gasteiger partial charge in [0.2, 0.25) is 0 Å². The molecule has 2 nitrogen and oxygen atoms in total. The molecule has 2 aliphatic rings. The molecule has 4 heteroatoms. The molecule has 1 heterocycles. The fourth-order valence-corrected chi connectivity index (χ4v) is 4.56. The minimum atomic E-state index is 0. The van der Waals surface area contributed by atoms with Gasteiger partial charge in [-0.25, -0.2) is 0 Å². The van der Waals surface area contributed by atoms with E-state index in [2.05, 4.69) is 64.4 Å². The van der Waals surface area contributed by atoms with Crippen molar-refractivity contribution >= 4 is 24.8 Å². The highest BCUT2D eigenvalue weighted by Gasteiger charge is 2.28. The molecule has 2 aromatic rings. The molecule has 1 aliphatic heterocycles. The first-order chi connectivity index (χ1) is 12.4. The van der Waals surface area contributed by atoms with Crippen molar-refractivity contribution in [2.75, 3.05) is 32.7 Å². The molecule has 0 saturated carbocycles. The lowest BCUT2D eigenvalue weighted by Gasteiger charge is -2.41. The Morgan fingerprint density at radius 2 is 1.52 bits per heavy atom. The summed E-state index contributed by atoms with van der Waals surface area (Å²) < 4.78 is 0. The van der Waals surface area contributed by atoms with Gasteiger partial charge in [0.15, 0.2) is 0 Å².